The van der Waals surface area contributed by atoms with E-state index in [0.717, 1.165) is 11.1 Å². The minimum Gasteiger partial charge on any atom is -0.393 e. The third-order valence-corrected chi connectivity index (χ3v) is 3.54. The number of rotatable bonds is 7. The quantitative estimate of drug-likeness (QED) is 0.734. The third-order valence-electron chi connectivity index (χ3n) is 3.54. The summed E-state index contributed by atoms with van der Waals surface area (Å²) in [7, 11) is 0. The lowest BCUT2D eigenvalue weighted by Gasteiger charge is -2.25. The van der Waals surface area contributed by atoms with Gasteiger partial charge in [-0.1, -0.05) is 60.7 Å². The van der Waals surface area contributed by atoms with Gasteiger partial charge in [0.2, 0.25) is 0 Å². The fourth-order valence-electron chi connectivity index (χ4n) is 2.36. The zero-order chi connectivity index (χ0) is 15.1. The van der Waals surface area contributed by atoms with Crippen LogP contribution < -0.4 is 5.32 Å². The highest BCUT2D eigenvalue weighted by Crippen LogP contribution is 2.28. The lowest BCUT2D eigenvalue weighted by atomic mass is 9.95. The van der Waals surface area contributed by atoms with Crippen LogP contribution in [0, 0.1) is 0 Å². The van der Waals surface area contributed by atoms with Gasteiger partial charge in [-0.3, -0.25) is 0 Å². The van der Waals surface area contributed by atoms with Crippen molar-refractivity contribution < 1.29 is 10.2 Å². The topological polar surface area (TPSA) is 52.5 Å². The van der Waals surface area contributed by atoms with Crippen LogP contribution in [0.3, 0.4) is 0 Å². The van der Waals surface area contributed by atoms with Crippen LogP contribution in [0.5, 0.6) is 0 Å². The van der Waals surface area contributed by atoms with E-state index in [1.807, 2.05) is 60.7 Å². The molecule has 0 bridgehead atoms. The molecule has 0 saturated carbocycles. The van der Waals surface area contributed by atoms with Crippen molar-refractivity contribution in [1.29, 1.82) is 0 Å². The normalized spacial score (nSPS) is 14.7. The third kappa shape index (κ3) is 5.43. The Kier molecular flexibility index (Phi) is 8.13. The van der Waals surface area contributed by atoms with Gasteiger partial charge in [0.15, 0.2) is 0 Å². The van der Waals surface area contributed by atoms with Crippen LogP contribution in [-0.4, -0.2) is 22.9 Å². The number of halogens is 1. The van der Waals surface area contributed by atoms with Gasteiger partial charge in [-0.2, -0.15) is 0 Å². The summed E-state index contributed by atoms with van der Waals surface area (Å²) in [6.45, 7) is 2.42. The van der Waals surface area contributed by atoms with E-state index >= 15 is 0 Å². The molecule has 0 spiro atoms. The molecule has 3 unspecified atom stereocenters. The van der Waals surface area contributed by atoms with E-state index in [4.69, 9.17) is 0 Å². The van der Waals surface area contributed by atoms with Crippen LogP contribution in [0.2, 0.25) is 0 Å². The minimum absolute atomic E-state index is 0. The molecule has 3 nitrogen and oxygen atoms in total. The maximum absolute atomic E-state index is 10.7. The van der Waals surface area contributed by atoms with Gasteiger partial charge in [-0.25, -0.2) is 0 Å². The maximum Gasteiger partial charge on any atom is 0.0984 e. The molecule has 3 atom stereocenters. The van der Waals surface area contributed by atoms with Crippen LogP contribution in [0.4, 0.5) is 0 Å². The van der Waals surface area contributed by atoms with Gasteiger partial charge in [-0.05, 0) is 31.0 Å². The number of benzene rings is 2. The van der Waals surface area contributed by atoms with Gasteiger partial charge in [0.1, 0.15) is 0 Å². The van der Waals surface area contributed by atoms with Crippen LogP contribution in [-0.2, 0) is 0 Å². The lowest BCUT2D eigenvalue weighted by molar-refractivity contribution is 0.122. The number of hydrogen-bond donors (Lipinski definition) is 3. The van der Waals surface area contributed by atoms with Gasteiger partial charge in [0.25, 0.3) is 0 Å². The van der Waals surface area contributed by atoms with E-state index in [1.54, 1.807) is 6.92 Å². The fraction of sp³-hybridized carbons (Fsp3) is 0.333. The SMILES string of the molecule is CC(O)CCNC(c1ccccc1)C(O)c1ccccc1.Cl. The zero-order valence-electron chi connectivity index (χ0n) is 12.7. The van der Waals surface area contributed by atoms with Crippen molar-refractivity contribution in [2.24, 2.45) is 0 Å². The first-order valence-electron chi connectivity index (χ1n) is 7.38. The van der Waals surface area contributed by atoms with Gasteiger partial charge >= 0.3 is 0 Å². The molecule has 3 N–H and O–H groups in total. The molecule has 0 radical (unpaired) electrons. The molecule has 0 saturated heterocycles. The molecule has 2 aromatic rings. The largest absolute Gasteiger partial charge is 0.393 e. The van der Waals surface area contributed by atoms with Crippen LogP contribution in [0.25, 0.3) is 0 Å². The van der Waals surface area contributed by atoms with E-state index in [2.05, 4.69) is 5.32 Å². The predicted octanol–water partition coefficient (Wildman–Crippen LogP) is 3.24. The van der Waals surface area contributed by atoms with Crippen molar-refractivity contribution in [1.82, 2.24) is 5.32 Å². The number of aliphatic hydroxyl groups excluding tert-OH is 2. The van der Waals surface area contributed by atoms with E-state index in [9.17, 15) is 10.2 Å². The molecular weight excluding hydrogens is 298 g/mol. The maximum atomic E-state index is 10.7. The van der Waals surface area contributed by atoms with E-state index < -0.39 is 6.10 Å². The molecule has 0 aromatic heterocycles. The Balaban J connectivity index is 0.00000242. The molecule has 0 fully saturated rings. The second kappa shape index (κ2) is 9.59. The predicted molar refractivity (Wildman–Crippen MR) is 92.1 cm³/mol. The summed E-state index contributed by atoms with van der Waals surface area (Å²) in [5, 5.41) is 23.4. The second-order valence-corrected chi connectivity index (χ2v) is 5.34. The molecular formula is C18H24ClNO2. The van der Waals surface area contributed by atoms with E-state index in [1.165, 1.54) is 0 Å². The summed E-state index contributed by atoms with van der Waals surface area (Å²) in [6.07, 6.45) is -0.310. The standard InChI is InChI=1S/C18H23NO2.ClH/c1-14(20)12-13-19-17(15-8-4-2-5-9-15)18(21)16-10-6-3-7-11-16;/h2-11,14,17-21H,12-13H2,1H3;1H. The Bertz CT molecular complexity index is 519. The summed E-state index contributed by atoms with van der Waals surface area (Å²) < 4.78 is 0. The highest BCUT2D eigenvalue weighted by molar-refractivity contribution is 5.85. The molecule has 2 aromatic carbocycles. The first-order chi connectivity index (χ1) is 10.2. The monoisotopic (exact) mass is 321 g/mol. The van der Waals surface area contributed by atoms with Crippen molar-refractivity contribution in [2.45, 2.75) is 31.6 Å². The number of aliphatic hydroxyl groups is 2. The van der Waals surface area contributed by atoms with Crippen LogP contribution in [0.15, 0.2) is 60.7 Å². The average Bonchev–Trinajstić information content (AvgIpc) is 2.52. The molecule has 22 heavy (non-hydrogen) atoms. The highest BCUT2D eigenvalue weighted by Gasteiger charge is 2.21. The molecule has 0 aliphatic heterocycles. The van der Waals surface area contributed by atoms with Crippen molar-refractivity contribution in [3.63, 3.8) is 0 Å². The molecule has 0 heterocycles. The van der Waals surface area contributed by atoms with Gasteiger partial charge in [0.05, 0.1) is 18.2 Å². The summed E-state index contributed by atoms with van der Waals surface area (Å²) in [6, 6.07) is 19.4. The molecule has 2 rings (SSSR count). The van der Waals surface area contributed by atoms with Crippen LogP contribution in [0.1, 0.15) is 36.6 Å². The smallest absolute Gasteiger partial charge is 0.0984 e. The fourth-order valence-corrected chi connectivity index (χ4v) is 2.36. The Morgan fingerprint density at radius 1 is 0.864 bits per heavy atom. The Morgan fingerprint density at radius 3 is 1.86 bits per heavy atom. The molecule has 4 heteroatoms. The van der Waals surface area contributed by atoms with Crippen molar-refractivity contribution in [2.75, 3.05) is 6.54 Å². The molecule has 120 valence electrons. The molecule has 0 aliphatic carbocycles. The van der Waals surface area contributed by atoms with E-state index in [0.29, 0.717) is 13.0 Å². The van der Waals surface area contributed by atoms with Gasteiger partial charge in [0, 0.05) is 0 Å². The first-order valence-corrected chi connectivity index (χ1v) is 7.38. The second-order valence-electron chi connectivity index (χ2n) is 5.34. The van der Waals surface area contributed by atoms with Gasteiger partial charge in [-0.15, -0.1) is 12.4 Å². The highest BCUT2D eigenvalue weighted by atomic mass is 35.5. The Hall–Kier alpha value is -1.39. The summed E-state index contributed by atoms with van der Waals surface area (Å²) >= 11 is 0. The number of hydrogen-bond acceptors (Lipinski definition) is 3. The zero-order valence-corrected chi connectivity index (χ0v) is 13.5. The van der Waals surface area contributed by atoms with Gasteiger partial charge < -0.3 is 15.5 Å². The van der Waals surface area contributed by atoms with Crippen molar-refractivity contribution >= 4 is 12.4 Å². The van der Waals surface area contributed by atoms with E-state index in [-0.39, 0.29) is 24.6 Å². The Labute approximate surface area is 138 Å². The van der Waals surface area contributed by atoms with Crippen molar-refractivity contribution in [3.8, 4) is 0 Å². The molecule has 0 amide bonds. The number of nitrogens with one attached hydrogen (secondary N) is 1. The average molecular weight is 322 g/mol. The molecule has 0 aliphatic rings. The Morgan fingerprint density at radius 2 is 1.36 bits per heavy atom. The van der Waals surface area contributed by atoms with Crippen LogP contribution >= 0.6 is 12.4 Å². The minimum atomic E-state index is -0.623. The van der Waals surface area contributed by atoms with Crippen molar-refractivity contribution in [3.05, 3.63) is 71.8 Å². The summed E-state index contributed by atoms with van der Waals surface area (Å²) in [4.78, 5) is 0. The first kappa shape index (κ1) is 18.7. The lowest BCUT2D eigenvalue weighted by Crippen LogP contribution is -2.29. The summed E-state index contributed by atoms with van der Waals surface area (Å²) in [5.41, 5.74) is 1.93. The summed E-state index contributed by atoms with van der Waals surface area (Å²) in [5.74, 6) is 0.